The lowest BCUT2D eigenvalue weighted by Crippen LogP contribution is -2.20. The van der Waals surface area contributed by atoms with Gasteiger partial charge in [-0.3, -0.25) is 4.79 Å². The van der Waals surface area contributed by atoms with E-state index in [-0.39, 0.29) is 28.9 Å². The number of nitrogens with zero attached hydrogens (tertiary/aromatic N) is 2. The summed E-state index contributed by atoms with van der Waals surface area (Å²) in [6, 6.07) is 0. The number of aryl methyl sites for hydroxylation is 2. The molecule has 0 aromatic carbocycles. The highest BCUT2D eigenvalue weighted by Gasteiger charge is 2.14. The minimum Gasteiger partial charge on any atom is -0.397 e. The van der Waals surface area contributed by atoms with Crippen molar-refractivity contribution in [3.05, 3.63) is 28.6 Å². The van der Waals surface area contributed by atoms with Gasteiger partial charge in [0.25, 0.3) is 5.56 Å². The number of nitrogen functional groups attached to an aromatic ring is 1. The van der Waals surface area contributed by atoms with Gasteiger partial charge in [-0.15, -0.1) is 12.4 Å². The number of hydrogen-bond donors (Lipinski definition) is 1. The number of fused-ring (bicyclic) bond motifs is 1. The van der Waals surface area contributed by atoms with E-state index in [1.165, 1.54) is 15.3 Å². The van der Waals surface area contributed by atoms with Gasteiger partial charge in [0.1, 0.15) is 0 Å². The Morgan fingerprint density at radius 2 is 2.06 bits per heavy atom. The molecule has 88 valence electrons. The Labute approximate surface area is 97.9 Å². The molecule has 2 aromatic heterocycles. The standard InChI is InChI=1S/C10H12FN3O.ClH/c1-3-14-4-6(11)9-8(10(14)15)7(12)5-13(9)2;/h4-5H,3,12H2,1-2H3;1H. The molecule has 0 spiro atoms. The summed E-state index contributed by atoms with van der Waals surface area (Å²) in [4.78, 5) is 11.8. The first-order chi connectivity index (χ1) is 7.06. The second-order valence-electron chi connectivity index (χ2n) is 3.49. The van der Waals surface area contributed by atoms with Gasteiger partial charge in [0.15, 0.2) is 5.82 Å². The number of halogens is 2. The summed E-state index contributed by atoms with van der Waals surface area (Å²) in [7, 11) is 1.66. The maximum Gasteiger partial charge on any atom is 0.262 e. The van der Waals surface area contributed by atoms with Crippen LogP contribution in [0.1, 0.15) is 6.92 Å². The molecule has 16 heavy (non-hydrogen) atoms. The summed E-state index contributed by atoms with van der Waals surface area (Å²) in [6.07, 6.45) is 2.76. The maximum absolute atomic E-state index is 13.7. The third kappa shape index (κ3) is 1.57. The molecule has 0 saturated carbocycles. The zero-order valence-corrected chi connectivity index (χ0v) is 9.84. The number of anilines is 1. The summed E-state index contributed by atoms with van der Waals surface area (Å²) < 4.78 is 16.5. The average Bonchev–Trinajstić information content (AvgIpc) is 2.48. The minimum absolute atomic E-state index is 0. The zero-order chi connectivity index (χ0) is 11.2. The molecule has 2 heterocycles. The summed E-state index contributed by atoms with van der Waals surface area (Å²) in [6.45, 7) is 2.21. The van der Waals surface area contributed by atoms with Crippen molar-refractivity contribution in [2.45, 2.75) is 13.5 Å². The maximum atomic E-state index is 13.7. The van der Waals surface area contributed by atoms with Gasteiger partial charge in [0.2, 0.25) is 0 Å². The van der Waals surface area contributed by atoms with Gasteiger partial charge in [-0.05, 0) is 6.92 Å². The van der Waals surface area contributed by atoms with Gasteiger partial charge >= 0.3 is 0 Å². The lowest BCUT2D eigenvalue weighted by molar-refractivity contribution is 0.598. The molecular formula is C10H13ClFN3O. The summed E-state index contributed by atoms with van der Waals surface area (Å²) in [5.74, 6) is -0.425. The Hall–Kier alpha value is -1.49. The summed E-state index contributed by atoms with van der Waals surface area (Å²) >= 11 is 0. The van der Waals surface area contributed by atoms with E-state index in [4.69, 9.17) is 5.73 Å². The SMILES string of the molecule is CCn1cc(F)c2c(c(N)cn2C)c1=O.Cl. The highest BCUT2D eigenvalue weighted by molar-refractivity contribution is 5.91. The Morgan fingerprint density at radius 1 is 1.44 bits per heavy atom. The van der Waals surface area contributed by atoms with Crippen LogP contribution < -0.4 is 11.3 Å². The van der Waals surface area contributed by atoms with Gasteiger partial charge in [-0.2, -0.15) is 0 Å². The molecule has 0 aliphatic heterocycles. The van der Waals surface area contributed by atoms with Crippen LogP contribution >= 0.6 is 12.4 Å². The van der Waals surface area contributed by atoms with E-state index in [2.05, 4.69) is 0 Å². The Bertz CT molecular complexity index is 588. The number of rotatable bonds is 1. The van der Waals surface area contributed by atoms with Crippen LogP contribution in [0.5, 0.6) is 0 Å². The quantitative estimate of drug-likeness (QED) is 0.828. The first kappa shape index (κ1) is 12.6. The lowest BCUT2D eigenvalue weighted by atomic mass is 10.3. The van der Waals surface area contributed by atoms with E-state index in [1.807, 2.05) is 0 Å². The van der Waals surface area contributed by atoms with Gasteiger partial charge < -0.3 is 14.9 Å². The highest BCUT2D eigenvalue weighted by Crippen LogP contribution is 2.21. The summed E-state index contributed by atoms with van der Waals surface area (Å²) in [5.41, 5.74) is 6.01. The van der Waals surface area contributed by atoms with Crippen LogP contribution in [0.4, 0.5) is 10.1 Å². The van der Waals surface area contributed by atoms with Crippen LogP contribution in [0.25, 0.3) is 10.9 Å². The van der Waals surface area contributed by atoms with Crippen molar-refractivity contribution < 1.29 is 4.39 Å². The van der Waals surface area contributed by atoms with Crippen LogP contribution in [-0.2, 0) is 13.6 Å². The van der Waals surface area contributed by atoms with Crippen molar-refractivity contribution in [2.75, 3.05) is 5.73 Å². The molecule has 4 nitrogen and oxygen atoms in total. The van der Waals surface area contributed by atoms with E-state index < -0.39 is 5.82 Å². The van der Waals surface area contributed by atoms with Gasteiger partial charge in [-0.25, -0.2) is 4.39 Å². The average molecular weight is 246 g/mol. The van der Waals surface area contributed by atoms with Gasteiger partial charge in [0.05, 0.1) is 16.6 Å². The van der Waals surface area contributed by atoms with E-state index in [0.29, 0.717) is 12.2 Å². The smallest absolute Gasteiger partial charge is 0.262 e. The Balaban J connectivity index is 0.00000128. The predicted molar refractivity (Wildman–Crippen MR) is 64.5 cm³/mol. The molecule has 2 rings (SSSR count). The molecule has 6 heteroatoms. The predicted octanol–water partition coefficient (Wildman–Crippen LogP) is 1.50. The first-order valence-electron chi connectivity index (χ1n) is 4.69. The fraction of sp³-hybridized carbons (Fsp3) is 0.300. The van der Waals surface area contributed by atoms with Crippen LogP contribution in [-0.4, -0.2) is 9.13 Å². The van der Waals surface area contributed by atoms with Crippen molar-refractivity contribution in [2.24, 2.45) is 7.05 Å². The van der Waals surface area contributed by atoms with E-state index >= 15 is 0 Å². The largest absolute Gasteiger partial charge is 0.397 e. The molecule has 2 aromatic rings. The van der Waals surface area contributed by atoms with E-state index in [0.717, 1.165) is 0 Å². The molecule has 0 fully saturated rings. The molecule has 0 aliphatic carbocycles. The second-order valence-corrected chi connectivity index (χ2v) is 3.49. The molecule has 0 unspecified atom stereocenters. The Morgan fingerprint density at radius 3 is 2.62 bits per heavy atom. The zero-order valence-electron chi connectivity index (χ0n) is 9.03. The number of nitrogens with two attached hydrogens (primary N) is 1. The van der Waals surface area contributed by atoms with Crippen LogP contribution in [0, 0.1) is 5.82 Å². The van der Waals surface area contributed by atoms with Crippen molar-refractivity contribution >= 4 is 29.0 Å². The molecule has 0 radical (unpaired) electrons. The first-order valence-corrected chi connectivity index (χ1v) is 4.69. The van der Waals surface area contributed by atoms with Crippen molar-refractivity contribution in [1.82, 2.24) is 9.13 Å². The summed E-state index contributed by atoms with van der Waals surface area (Å²) in [5, 5.41) is 0.263. The van der Waals surface area contributed by atoms with Crippen molar-refractivity contribution in [3.63, 3.8) is 0 Å². The molecule has 0 saturated heterocycles. The number of aromatic nitrogens is 2. The van der Waals surface area contributed by atoms with E-state index in [9.17, 15) is 9.18 Å². The van der Waals surface area contributed by atoms with Crippen LogP contribution in [0.2, 0.25) is 0 Å². The molecule has 2 N–H and O–H groups in total. The van der Waals surface area contributed by atoms with Crippen LogP contribution in [0.3, 0.4) is 0 Å². The fourth-order valence-electron chi connectivity index (χ4n) is 1.80. The highest BCUT2D eigenvalue weighted by atomic mass is 35.5. The third-order valence-corrected chi connectivity index (χ3v) is 2.52. The normalized spacial score (nSPS) is 10.4. The number of hydrogen-bond acceptors (Lipinski definition) is 2. The topological polar surface area (TPSA) is 52.9 Å². The van der Waals surface area contributed by atoms with Crippen molar-refractivity contribution in [1.29, 1.82) is 0 Å². The molecular weight excluding hydrogens is 233 g/mol. The molecule has 0 atom stereocenters. The number of pyridine rings is 1. The van der Waals surface area contributed by atoms with Gasteiger partial charge in [0, 0.05) is 26.0 Å². The Kier molecular flexibility index (Phi) is 3.28. The fourth-order valence-corrected chi connectivity index (χ4v) is 1.80. The molecule has 0 amide bonds. The molecule has 0 bridgehead atoms. The monoisotopic (exact) mass is 245 g/mol. The van der Waals surface area contributed by atoms with E-state index in [1.54, 1.807) is 20.2 Å². The lowest BCUT2D eigenvalue weighted by Gasteiger charge is -2.04. The minimum atomic E-state index is -0.425. The van der Waals surface area contributed by atoms with Gasteiger partial charge in [-0.1, -0.05) is 0 Å². The third-order valence-electron chi connectivity index (χ3n) is 2.52. The van der Waals surface area contributed by atoms with Crippen molar-refractivity contribution in [3.8, 4) is 0 Å². The second kappa shape index (κ2) is 4.17. The molecule has 0 aliphatic rings. The van der Waals surface area contributed by atoms with Crippen LogP contribution in [0.15, 0.2) is 17.2 Å².